The molecule has 25 heavy (non-hydrogen) atoms. The van der Waals surface area contributed by atoms with Crippen molar-refractivity contribution in [1.29, 1.82) is 0 Å². The molecule has 1 atom stereocenters. The molecule has 2 rings (SSSR count). The van der Waals surface area contributed by atoms with Crippen LogP contribution in [0.25, 0.3) is 0 Å². The zero-order valence-electron chi connectivity index (χ0n) is 14.8. The lowest BCUT2D eigenvalue weighted by molar-refractivity contribution is -0.144. The lowest BCUT2D eigenvalue weighted by Crippen LogP contribution is -2.32. The summed E-state index contributed by atoms with van der Waals surface area (Å²) >= 11 is 0. The van der Waals surface area contributed by atoms with Gasteiger partial charge in [0.15, 0.2) is 0 Å². The van der Waals surface area contributed by atoms with Gasteiger partial charge in [0.1, 0.15) is 0 Å². The fourth-order valence-electron chi connectivity index (χ4n) is 2.95. The Hall–Kier alpha value is -2.17. The highest BCUT2D eigenvalue weighted by molar-refractivity contribution is 5.70. The smallest absolute Gasteiger partial charge is 0.307 e. The van der Waals surface area contributed by atoms with Crippen molar-refractivity contribution in [2.75, 3.05) is 19.8 Å². The first kappa shape index (κ1) is 19.2. The van der Waals surface area contributed by atoms with Crippen LogP contribution in [0.5, 0.6) is 0 Å². The molecule has 0 bridgehead atoms. The average Bonchev–Trinajstić information content (AvgIpc) is 2.65. The van der Waals surface area contributed by atoms with E-state index in [9.17, 15) is 9.90 Å². The number of carbonyl (C=O) groups is 1. The molecule has 4 heteroatoms. The first-order valence-electron chi connectivity index (χ1n) is 8.84. The summed E-state index contributed by atoms with van der Waals surface area (Å²) in [6, 6.07) is 20.1. The summed E-state index contributed by atoms with van der Waals surface area (Å²) in [6.45, 7) is 3.77. The maximum Gasteiger partial charge on any atom is 0.307 e. The minimum Gasteiger partial charge on any atom is -0.466 e. The third-order valence-electron chi connectivity index (χ3n) is 4.12. The molecule has 0 fully saturated rings. The third kappa shape index (κ3) is 6.33. The standard InChI is InChI=1S/C21H27NO3/c1-2-25-21(24)16-20(19-12-7-4-8-13-19)22(14-9-15-23)17-18-10-5-3-6-11-18/h3-8,10-13,20,23H,2,9,14-17H2,1H3. The van der Waals surface area contributed by atoms with E-state index in [0.717, 1.165) is 12.1 Å². The number of hydrogen-bond acceptors (Lipinski definition) is 4. The number of rotatable bonds is 10. The van der Waals surface area contributed by atoms with Gasteiger partial charge in [0, 0.05) is 25.7 Å². The van der Waals surface area contributed by atoms with Gasteiger partial charge in [0.25, 0.3) is 0 Å². The van der Waals surface area contributed by atoms with Gasteiger partial charge in [-0.05, 0) is 24.5 Å². The van der Waals surface area contributed by atoms with Crippen molar-refractivity contribution in [3.63, 3.8) is 0 Å². The molecule has 2 aromatic rings. The van der Waals surface area contributed by atoms with Gasteiger partial charge in [0.2, 0.25) is 0 Å². The summed E-state index contributed by atoms with van der Waals surface area (Å²) < 4.78 is 5.18. The monoisotopic (exact) mass is 341 g/mol. The van der Waals surface area contributed by atoms with Gasteiger partial charge in [0.05, 0.1) is 13.0 Å². The predicted molar refractivity (Wildman–Crippen MR) is 99.0 cm³/mol. The molecule has 0 saturated carbocycles. The molecule has 0 spiro atoms. The van der Waals surface area contributed by atoms with Gasteiger partial charge >= 0.3 is 5.97 Å². The fraction of sp³-hybridized carbons (Fsp3) is 0.381. The topological polar surface area (TPSA) is 49.8 Å². The van der Waals surface area contributed by atoms with Gasteiger partial charge in [-0.15, -0.1) is 0 Å². The second-order valence-corrected chi connectivity index (χ2v) is 5.97. The van der Waals surface area contributed by atoms with E-state index in [1.165, 1.54) is 5.56 Å². The van der Waals surface area contributed by atoms with E-state index in [1.54, 1.807) is 0 Å². The lowest BCUT2D eigenvalue weighted by atomic mass is 10.0. The van der Waals surface area contributed by atoms with Crippen LogP contribution in [0.15, 0.2) is 60.7 Å². The SMILES string of the molecule is CCOC(=O)CC(c1ccccc1)N(CCCO)Cc1ccccc1. The molecule has 1 unspecified atom stereocenters. The Morgan fingerprint density at radius 3 is 2.32 bits per heavy atom. The number of esters is 1. The van der Waals surface area contributed by atoms with Crippen molar-refractivity contribution in [2.45, 2.75) is 32.4 Å². The first-order valence-corrected chi connectivity index (χ1v) is 8.84. The number of ether oxygens (including phenoxy) is 1. The summed E-state index contributed by atoms with van der Waals surface area (Å²) in [5, 5.41) is 9.28. The van der Waals surface area contributed by atoms with Crippen molar-refractivity contribution < 1.29 is 14.6 Å². The fourth-order valence-corrected chi connectivity index (χ4v) is 2.95. The zero-order chi connectivity index (χ0) is 17.9. The number of hydrogen-bond donors (Lipinski definition) is 1. The highest BCUT2D eigenvalue weighted by Gasteiger charge is 2.24. The van der Waals surface area contributed by atoms with E-state index in [0.29, 0.717) is 26.0 Å². The number of nitrogens with zero attached hydrogens (tertiary/aromatic N) is 1. The molecule has 1 N–H and O–H groups in total. The minimum atomic E-state index is -0.196. The van der Waals surface area contributed by atoms with Gasteiger partial charge in [-0.25, -0.2) is 0 Å². The maximum absolute atomic E-state index is 12.2. The Labute approximate surface area is 150 Å². The van der Waals surface area contributed by atoms with E-state index in [4.69, 9.17) is 4.74 Å². The zero-order valence-corrected chi connectivity index (χ0v) is 14.8. The Kier molecular flexibility index (Phi) is 8.16. The van der Waals surface area contributed by atoms with Crippen molar-refractivity contribution in [3.8, 4) is 0 Å². The molecular formula is C21H27NO3. The molecule has 0 aliphatic carbocycles. The van der Waals surface area contributed by atoms with Crippen LogP contribution in [0.2, 0.25) is 0 Å². The first-order chi connectivity index (χ1) is 12.2. The van der Waals surface area contributed by atoms with Crippen LogP contribution in [0, 0.1) is 0 Å². The molecule has 0 aromatic heterocycles. The largest absolute Gasteiger partial charge is 0.466 e. The quantitative estimate of drug-likeness (QED) is 0.671. The number of aliphatic hydroxyl groups is 1. The third-order valence-corrected chi connectivity index (χ3v) is 4.12. The Balaban J connectivity index is 2.25. The molecular weight excluding hydrogens is 314 g/mol. The van der Waals surface area contributed by atoms with E-state index < -0.39 is 0 Å². The van der Waals surface area contributed by atoms with Crippen molar-refractivity contribution in [2.24, 2.45) is 0 Å². The normalized spacial score (nSPS) is 12.1. The molecule has 0 radical (unpaired) electrons. The molecule has 0 aliphatic rings. The van der Waals surface area contributed by atoms with E-state index in [1.807, 2.05) is 55.5 Å². The van der Waals surface area contributed by atoms with Crippen LogP contribution in [-0.4, -0.2) is 35.7 Å². The highest BCUT2D eigenvalue weighted by Crippen LogP contribution is 2.27. The van der Waals surface area contributed by atoms with Crippen molar-refractivity contribution in [1.82, 2.24) is 4.90 Å². The van der Waals surface area contributed by atoms with Crippen molar-refractivity contribution >= 4 is 5.97 Å². The molecule has 0 heterocycles. The Morgan fingerprint density at radius 1 is 1.08 bits per heavy atom. The molecule has 4 nitrogen and oxygen atoms in total. The Bertz CT molecular complexity index is 616. The second kappa shape index (κ2) is 10.6. The molecule has 0 aliphatic heterocycles. The summed E-state index contributed by atoms with van der Waals surface area (Å²) in [7, 11) is 0. The number of aliphatic hydroxyl groups excluding tert-OH is 1. The summed E-state index contributed by atoms with van der Waals surface area (Å²) in [4.78, 5) is 14.4. The summed E-state index contributed by atoms with van der Waals surface area (Å²) in [6.07, 6.45) is 0.967. The predicted octanol–water partition coefficient (Wildman–Crippen LogP) is 3.57. The van der Waals surface area contributed by atoms with Gasteiger partial charge in [-0.1, -0.05) is 60.7 Å². The number of carbonyl (C=O) groups excluding carboxylic acids is 1. The Morgan fingerprint density at radius 2 is 1.72 bits per heavy atom. The van der Waals surface area contributed by atoms with Crippen LogP contribution >= 0.6 is 0 Å². The molecule has 134 valence electrons. The van der Waals surface area contributed by atoms with Gasteiger partial charge < -0.3 is 9.84 Å². The summed E-state index contributed by atoms with van der Waals surface area (Å²) in [5.74, 6) is -0.196. The van der Waals surface area contributed by atoms with Crippen LogP contribution in [-0.2, 0) is 16.1 Å². The van der Waals surface area contributed by atoms with E-state index in [-0.39, 0.29) is 18.6 Å². The van der Waals surface area contributed by atoms with Crippen LogP contribution in [0.4, 0.5) is 0 Å². The average molecular weight is 341 g/mol. The highest BCUT2D eigenvalue weighted by atomic mass is 16.5. The summed E-state index contributed by atoms with van der Waals surface area (Å²) in [5.41, 5.74) is 2.27. The van der Waals surface area contributed by atoms with Crippen LogP contribution in [0.1, 0.15) is 36.9 Å². The molecule has 0 saturated heterocycles. The lowest BCUT2D eigenvalue weighted by Gasteiger charge is -2.31. The van der Waals surface area contributed by atoms with Crippen LogP contribution in [0.3, 0.4) is 0 Å². The molecule has 2 aromatic carbocycles. The minimum absolute atomic E-state index is 0.0768. The molecule has 0 amide bonds. The maximum atomic E-state index is 12.2. The van der Waals surface area contributed by atoms with Crippen molar-refractivity contribution in [3.05, 3.63) is 71.8 Å². The van der Waals surface area contributed by atoms with Gasteiger partial charge in [-0.3, -0.25) is 9.69 Å². The van der Waals surface area contributed by atoms with Crippen LogP contribution < -0.4 is 0 Å². The number of benzene rings is 2. The van der Waals surface area contributed by atoms with Gasteiger partial charge in [-0.2, -0.15) is 0 Å². The van der Waals surface area contributed by atoms with E-state index in [2.05, 4.69) is 17.0 Å². The van der Waals surface area contributed by atoms with E-state index >= 15 is 0 Å². The second-order valence-electron chi connectivity index (χ2n) is 5.97.